The Balaban J connectivity index is 1.39. The van der Waals surface area contributed by atoms with Crippen LogP contribution in [0.2, 0.25) is 0 Å². The quantitative estimate of drug-likeness (QED) is 0.422. The number of benzene rings is 3. The zero-order valence-corrected chi connectivity index (χ0v) is 18.6. The lowest BCUT2D eigenvalue weighted by Gasteiger charge is -2.30. The zero-order chi connectivity index (χ0) is 21.9. The van der Waals surface area contributed by atoms with Crippen LogP contribution in [-0.2, 0) is 17.8 Å². The van der Waals surface area contributed by atoms with Crippen molar-refractivity contribution in [1.29, 1.82) is 0 Å². The molecule has 1 fully saturated rings. The highest BCUT2D eigenvalue weighted by Crippen LogP contribution is 2.23. The molecule has 162 valence electrons. The van der Waals surface area contributed by atoms with E-state index < -0.39 is 0 Å². The number of imidazole rings is 1. The van der Waals surface area contributed by atoms with Gasteiger partial charge in [0.1, 0.15) is 12.4 Å². The first-order chi connectivity index (χ1) is 15.7. The minimum absolute atomic E-state index is 0.195. The fourth-order valence-electron chi connectivity index (χ4n) is 4.56. The van der Waals surface area contributed by atoms with Crippen molar-refractivity contribution in [2.45, 2.75) is 32.7 Å². The molecule has 0 bridgehead atoms. The molecule has 1 amide bonds. The number of rotatable bonds is 5. The van der Waals surface area contributed by atoms with Gasteiger partial charge in [0.15, 0.2) is 0 Å². The van der Waals surface area contributed by atoms with Crippen LogP contribution in [-0.4, -0.2) is 33.4 Å². The van der Waals surface area contributed by atoms with Gasteiger partial charge in [-0.3, -0.25) is 4.79 Å². The summed E-state index contributed by atoms with van der Waals surface area (Å²) in [5, 5.41) is 0. The second-order valence-electron chi connectivity index (χ2n) is 8.91. The lowest BCUT2D eigenvalue weighted by atomic mass is 9.99. The molecule has 4 heteroatoms. The molecule has 4 nitrogen and oxygen atoms in total. The Hall–Kier alpha value is -3.40. The molecule has 5 rings (SSSR count). The number of carbonyl (C=O) groups excluding carboxylic acids is 1. The van der Waals surface area contributed by atoms with Crippen LogP contribution in [0.1, 0.15) is 31.2 Å². The van der Waals surface area contributed by atoms with E-state index in [0.29, 0.717) is 18.9 Å². The molecule has 0 saturated carbocycles. The Morgan fingerprint density at radius 3 is 2.28 bits per heavy atom. The average molecular weight is 424 g/mol. The number of nitrogens with zero attached hydrogens (tertiary/aromatic N) is 3. The summed E-state index contributed by atoms with van der Waals surface area (Å²) in [4.78, 5) is 20.0. The molecule has 0 radical (unpaired) electrons. The van der Waals surface area contributed by atoms with E-state index in [1.54, 1.807) is 0 Å². The van der Waals surface area contributed by atoms with Crippen molar-refractivity contribution in [3.63, 3.8) is 0 Å². The van der Waals surface area contributed by atoms with Crippen molar-refractivity contribution in [3.05, 3.63) is 90.3 Å². The third kappa shape index (κ3) is 4.31. The Bertz CT molecular complexity index is 1200. The SMILES string of the molecule is CC1CCN(C(=O)Cn2c(Cc3ccc(-c4ccccc4)cc3)nc3ccccc32)CC1. The second-order valence-corrected chi connectivity index (χ2v) is 8.91. The van der Waals surface area contributed by atoms with Gasteiger partial charge in [0, 0.05) is 19.5 Å². The standard InChI is InChI=1S/C28H29N3O/c1-21-15-17-30(18-16-21)28(32)20-31-26-10-6-5-9-25(26)29-27(31)19-22-11-13-24(14-12-22)23-7-3-2-4-8-23/h2-14,21H,15-20H2,1H3. The second kappa shape index (κ2) is 8.99. The van der Waals surface area contributed by atoms with Crippen LogP contribution in [0.15, 0.2) is 78.9 Å². The number of likely N-dealkylation sites (tertiary alicyclic amines) is 1. The van der Waals surface area contributed by atoms with E-state index in [0.717, 1.165) is 42.8 Å². The minimum atomic E-state index is 0.195. The Kier molecular flexibility index (Phi) is 5.76. The molecular weight excluding hydrogens is 394 g/mol. The van der Waals surface area contributed by atoms with E-state index in [-0.39, 0.29) is 5.91 Å². The summed E-state index contributed by atoms with van der Waals surface area (Å²) in [6, 6.07) is 27.2. The monoisotopic (exact) mass is 423 g/mol. The smallest absolute Gasteiger partial charge is 0.242 e. The third-order valence-electron chi connectivity index (χ3n) is 6.59. The number of piperidine rings is 1. The van der Waals surface area contributed by atoms with Crippen molar-refractivity contribution < 1.29 is 4.79 Å². The molecule has 0 spiro atoms. The van der Waals surface area contributed by atoms with Crippen molar-refractivity contribution in [3.8, 4) is 11.1 Å². The number of fused-ring (bicyclic) bond motifs is 1. The van der Waals surface area contributed by atoms with Gasteiger partial charge in [0.2, 0.25) is 5.91 Å². The summed E-state index contributed by atoms with van der Waals surface area (Å²) in [6.07, 6.45) is 2.89. The van der Waals surface area contributed by atoms with Gasteiger partial charge in [-0.2, -0.15) is 0 Å². The van der Waals surface area contributed by atoms with Crippen LogP contribution >= 0.6 is 0 Å². The van der Waals surface area contributed by atoms with Crippen LogP contribution in [0, 0.1) is 5.92 Å². The highest BCUT2D eigenvalue weighted by atomic mass is 16.2. The predicted octanol–water partition coefficient (Wildman–Crippen LogP) is 5.55. The van der Waals surface area contributed by atoms with Crippen LogP contribution in [0.5, 0.6) is 0 Å². The minimum Gasteiger partial charge on any atom is -0.341 e. The van der Waals surface area contributed by atoms with Crippen molar-refractivity contribution >= 4 is 16.9 Å². The van der Waals surface area contributed by atoms with Crippen LogP contribution in [0.4, 0.5) is 0 Å². The van der Waals surface area contributed by atoms with E-state index in [2.05, 4.69) is 66.1 Å². The van der Waals surface area contributed by atoms with Crippen molar-refractivity contribution in [2.24, 2.45) is 5.92 Å². The maximum absolute atomic E-state index is 13.1. The Labute approximate surface area is 189 Å². The summed E-state index contributed by atoms with van der Waals surface area (Å²) < 4.78 is 2.11. The molecule has 1 aliphatic heterocycles. The summed E-state index contributed by atoms with van der Waals surface area (Å²) >= 11 is 0. The van der Waals surface area contributed by atoms with E-state index in [1.165, 1.54) is 16.7 Å². The van der Waals surface area contributed by atoms with E-state index in [1.807, 2.05) is 29.2 Å². The molecule has 1 saturated heterocycles. The average Bonchev–Trinajstić information content (AvgIpc) is 3.17. The fraction of sp³-hybridized carbons (Fsp3) is 0.286. The number of hydrogen-bond acceptors (Lipinski definition) is 2. The van der Waals surface area contributed by atoms with Gasteiger partial charge in [-0.25, -0.2) is 4.98 Å². The highest BCUT2D eigenvalue weighted by molar-refractivity contribution is 5.81. The third-order valence-corrected chi connectivity index (χ3v) is 6.59. The summed E-state index contributed by atoms with van der Waals surface area (Å²) in [5.41, 5.74) is 5.59. The molecule has 0 atom stereocenters. The Morgan fingerprint density at radius 1 is 0.875 bits per heavy atom. The maximum atomic E-state index is 13.1. The first kappa shape index (κ1) is 20.5. The van der Waals surface area contributed by atoms with Gasteiger partial charge in [-0.15, -0.1) is 0 Å². The number of para-hydroxylation sites is 2. The van der Waals surface area contributed by atoms with Crippen LogP contribution in [0.3, 0.4) is 0 Å². The van der Waals surface area contributed by atoms with Crippen molar-refractivity contribution in [1.82, 2.24) is 14.5 Å². The number of amides is 1. The molecule has 4 aromatic rings. The van der Waals surface area contributed by atoms with Gasteiger partial charge in [0.25, 0.3) is 0 Å². The summed E-state index contributed by atoms with van der Waals surface area (Å²) in [6.45, 7) is 4.35. The van der Waals surface area contributed by atoms with Gasteiger partial charge >= 0.3 is 0 Å². The lowest BCUT2D eigenvalue weighted by molar-refractivity contribution is -0.133. The highest BCUT2D eigenvalue weighted by Gasteiger charge is 2.22. The van der Waals surface area contributed by atoms with E-state index in [9.17, 15) is 4.79 Å². The molecule has 0 aliphatic carbocycles. The van der Waals surface area contributed by atoms with Crippen LogP contribution in [0.25, 0.3) is 22.2 Å². The molecule has 0 unspecified atom stereocenters. The van der Waals surface area contributed by atoms with Gasteiger partial charge < -0.3 is 9.47 Å². The number of aromatic nitrogens is 2. The molecular formula is C28H29N3O. The van der Waals surface area contributed by atoms with Gasteiger partial charge in [0.05, 0.1) is 11.0 Å². The summed E-state index contributed by atoms with van der Waals surface area (Å²) in [7, 11) is 0. The largest absolute Gasteiger partial charge is 0.341 e. The topological polar surface area (TPSA) is 38.1 Å². The van der Waals surface area contributed by atoms with Crippen LogP contribution < -0.4 is 0 Å². The normalized spacial score (nSPS) is 14.7. The van der Waals surface area contributed by atoms with E-state index >= 15 is 0 Å². The fourth-order valence-corrected chi connectivity index (χ4v) is 4.56. The summed E-state index contributed by atoms with van der Waals surface area (Å²) in [5.74, 6) is 1.85. The maximum Gasteiger partial charge on any atom is 0.242 e. The van der Waals surface area contributed by atoms with E-state index in [4.69, 9.17) is 4.98 Å². The molecule has 1 aliphatic rings. The van der Waals surface area contributed by atoms with Gasteiger partial charge in [-0.05, 0) is 47.6 Å². The first-order valence-electron chi connectivity index (χ1n) is 11.5. The number of hydrogen-bond donors (Lipinski definition) is 0. The lowest BCUT2D eigenvalue weighted by Crippen LogP contribution is -2.39. The Morgan fingerprint density at radius 2 is 1.53 bits per heavy atom. The van der Waals surface area contributed by atoms with Crippen molar-refractivity contribution in [2.75, 3.05) is 13.1 Å². The zero-order valence-electron chi connectivity index (χ0n) is 18.6. The number of carbonyl (C=O) groups is 1. The molecule has 3 aromatic carbocycles. The molecule has 32 heavy (non-hydrogen) atoms. The molecule has 2 heterocycles. The molecule has 1 aromatic heterocycles. The molecule has 0 N–H and O–H groups in total. The predicted molar refractivity (Wildman–Crippen MR) is 129 cm³/mol. The van der Waals surface area contributed by atoms with Gasteiger partial charge in [-0.1, -0.05) is 73.7 Å². The first-order valence-corrected chi connectivity index (χ1v) is 11.5.